The lowest BCUT2D eigenvalue weighted by Gasteiger charge is -2.19. The number of amides is 1. The first-order valence-electron chi connectivity index (χ1n) is 11.7. The van der Waals surface area contributed by atoms with Crippen LogP contribution in [0.1, 0.15) is 32.7 Å². The molecule has 0 fully saturated rings. The Balaban J connectivity index is 1.79. The Morgan fingerprint density at radius 3 is 2.36 bits per heavy atom. The fourth-order valence-corrected chi connectivity index (χ4v) is 4.23. The minimum absolute atomic E-state index is 0.122. The summed E-state index contributed by atoms with van der Waals surface area (Å²) >= 11 is 0. The Labute approximate surface area is 219 Å². The number of pyridine rings is 2. The van der Waals surface area contributed by atoms with Gasteiger partial charge in [0, 0.05) is 29.3 Å². The van der Waals surface area contributed by atoms with Gasteiger partial charge in [-0.15, -0.1) is 0 Å². The van der Waals surface area contributed by atoms with Crippen LogP contribution in [-0.2, 0) is 22.1 Å². The number of alkyl halides is 3. The van der Waals surface area contributed by atoms with E-state index < -0.39 is 46.9 Å². The average molecular weight is 543 g/mol. The predicted octanol–water partition coefficient (Wildman–Crippen LogP) is 5.72. The van der Waals surface area contributed by atoms with Gasteiger partial charge in [0.05, 0.1) is 23.9 Å². The normalized spacial score (nSPS) is 12.3. The highest BCUT2D eigenvalue weighted by Gasteiger charge is 2.36. The van der Waals surface area contributed by atoms with Crippen LogP contribution >= 0.6 is 0 Å². The van der Waals surface area contributed by atoms with Crippen LogP contribution < -0.4 is 5.32 Å². The second-order valence-corrected chi connectivity index (χ2v) is 8.81. The molecule has 0 spiro atoms. The van der Waals surface area contributed by atoms with E-state index >= 15 is 0 Å². The van der Waals surface area contributed by atoms with Crippen molar-refractivity contribution in [3.63, 3.8) is 0 Å². The molecule has 1 atom stereocenters. The van der Waals surface area contributed by atoms with E-state index in [-0.39, 0.29) is 23.2 Å². The van der Waals surface area contributed by atoms with Gasteiger partial charge in [-0.1, -0.05) is 24.3 Å². The quantitative estimate of drug-likeness (QED) is 0.248. The van der Waals surface area contributed by atoms with Gasteiger partial charge in [-0.2, -0.15) is 13.2 Å². The molecule has 0 saturated carbocycles. The van der Waals surface area contributed by atoms with E-state index in [1.165, 1.54) is 25.3 Å². The van der Waals surface area contributed by atoms with Crippen molar-refractivity contribution in [3.8, 4) is 11.3 Å². The zero-order valence-electron chi connectivity index (χ0n) is 21.0. The topological polar surface area (TPSA) is 81.2 Å². The van der Waals surface area contributed by atoms with E-state index in [2.05, 4.69) is 15.3 Å². The molecule has 2 heterocycles. The maximum absolute atomic E-state index is 14.1. The molecular formula is C28H22F5N3O3. The smallest absolute Gasteiger partial charge is 0.418 e. The average Bonchev–Trinajstić information content (AvgIpc) is 2.88. The maximum Gasteiger partial charge on any atom is 0.418 e. The molecule has 1 amide bonds. The lowest BCUT2D eigenvalue weighted by Crippen LogP contribution is -2.43. The zero-order chi connectivity index (χ0) is 28.5. The second-order valence-electron chi connectivity index (χ2n) is 8.81. The molecule has 6 nitrogen and oxygen atoms in total. The first-order valence-corrected chi connectivity index (χ1v) is 11.7. The van der Waals surface area contributed by atoms with Crippen molar-refractivity contribution in [1.82, 2.24) is 15.3 Å². The molecule has 39 heavy (non-hydrogen) atoms. The zero-order valence-corrected chi connectivity index (χ0v) is 21.0. The fraction of sp³-hybridized carbons (Fsp3) is 0.214. The van der Waals surface area contributed by atoms with E-state index in [9.17, 15) is 31.5 Å². The summed E-state index contributed by atoms with van der Waals surface area (Å²) in [5.41, 5.74) is -0.561. The van der Waals surface area contributed by atoms with Gasteiger partial charge in [0.25, 0.3) is 5.91 Å². The number of rotatable bonds is 6. The van der Waals surface area contributed by atoms with Crippen LogP contribution in [0.4, 0.5) is 22.0 Å². The SMILES string of the molecule is COC(=O)[C@H](Cc1ccc(-c2nc(C)c(C)cc2C(F)(F)F)c2ncccc12)NC(=O)c1c(F)cccc1F. The van der Waals surface area contributed by atoms with E-state index in [1.807, 2.05) is 0 Å². The minimum atomic E-state index is -4.68. The number of methoxy groups -OCH3 is 1. The Morgan fingerprint density at radius 2 is 1.72 bits per heavy atom. The Kier molecular flexibility index (Phi) is 7.62. The molecule has 0 bridgehead atoms. The third kappa shape index (κ3) is 5.57. The predicted molar refractivity (Wildman–Crippen MR) is 133 cm³/mol. The fourth-order valence-electron chi connectivity index (χ4n) is 4.23. The van der Waals surface area contributed by atoms with Crippen LogP contribution in [0.5, 0.6) is 0 Å². The molecule has 0 unspecified atom stereocenters. The number of benzene rings is 2. The van der Waals surface area contributed by atoms with Gasteiger partial charge < -0.3 is 10.1 Å². The van der Waals surface area contributed by atoms with Gasteiger partial charge in [-0.25, -0.2) is 13.6 Å². The summed E-state index contributed by atoms with van der Waals surface area (Å²) in [7, 11) is 1.08. The van der Waals surface area contributed by atoms with Gasteiger partial charge in [0.2, 0.25) is 0 Å². The van der Waals surface area contributed by atoms with Crippen LogP contribution in [0.2, 0.25) is 0 Å². The summed E-state index contributed by atoms with van der Waals surface area (Å²) in [4.78, 5) is 33.7. The van der Waals surface area contributed by atoms with Gasteiger partial charge in [-0.3, -0.25) is 14.8 Å². The number of aryl methyl sites for hydroxylation is 2. The number of carbonyl (C=O) groups is 2. The molecule has 0 radical (unpaired) electrons. The van der Waals surface area contributed by atoms with Crippen molar-refractivity contribution in [3.05, 3.63) is 94.3 Å². The van der Waals surface area contributed by atoms with E-state index in [0.29, 0.717) is 22.2 Å². The molecule has 2 aromatic heterocycles. The summed E-state index contributed by atoms with van der Waals surface area (Å²) < 4.78 is 74.9. The maximum atomic E-state index is 14.1. The molecule has 0 aliphatic rings. The van der Waals surface area contributed by atoms with E-state index in [4.69, 9.17) is 4.74 Å². The van der Waals surface area contributed by atoms with Crippen LogP contribution in [-0.4, -0.2) is 35.0 Å². The number of esters is 1. The van der Waals surface area contributed by atoms with Crippen molar-refractivity contribution in [2.24, 2.45) is 0 Å². The first kappa shape index (κ1) is 27.6. The van der Waals surface area contributed by atoms with Gasteiger partial charge in [0.15, 0.2) is 0 Å². The Hall–Kier alpha value is -4.41. The molecule has 202 valence electrons. The first-order chi connectivity index (χ1) is 18.4. The summed E-state index contributed by atoms with van der Waals surface area (Å²) in [6.45, 7) is 3.14. The second kappa shape index (κ2) is 10.8. The van der Waals surface area contributed by atoms with Crippen LogP contribution in [0.15, 0.2) is 54.7 Å². The Morgan fingerprint density at radius 1 is 1.03 bits per heavy atom. The van der Waals surface area contributed by atoms with Crippen molar-refractivity contribution in [2.45, 2.75) is 32.5 Å². The molecule has 0 aliphatic heterocycles. The number of ether oxygens (including phenoxy) is 1. The highest BCUT2D eigenvalue weighted by molar-refractivity contribution is 5.98. The molecule has 4 rings (SSSR count). The van der Waals surface area contributed by atoms with Gasteiger partial charge in [0.1, 0.15) is 23.2 Å². The number of carbonyl (C=O) groups excluding carboxylic acids is 2. The number of fused-ring (bicyclic) bond motifs is 1. The number of nitrogens with one attached hydrogen (secondary N) is 1. The molecule has 4 aromatic rings. The third-order valence-corrected chi connectivity index (χ3v) is 6.29. The van der Waals surface area contributed by atoms with E-state index in [1.54, 1.807) is 19.1 Å². The van der Waals surface area contributed by atoms with Crippen molar-refractivity contribution in [2.75, 3.05) is 7.11 Å². The molecule has 0 aliphatic carbocycles. The van der Waals surface area contributed by atoms with Crippen LogP contribution in [0.3, 0.4) is 0 Å². The summed E-state index contributed by atoms with van der Waals surface area (Å²) in [6, 6.07) is 8.61. The van der Waals surface area contributed by atoms with Crippen molar-refractivity contribution in [1.29, 1.82) is 0 Å². The lowest BCUT2D eigenvalue weighted by atomic mass is 9.94. The van der Waals surface area contributed by atoms with Gasteiger partial charge in [-0.05, 0) is 49.2 Å². The van der Waals surface area contributed by atoms with Gasteiger partial charge >= 0.3 is 12.1 Å². The molecule has 2 aromatic carbocycles. The largest absolute Gasteiger partial charge is 0.467 e. The van der Waals surface area contributed by atoms with E-state index in [0.717, 1.165) is 31.4 Å². The number of hydrogen-bond acceptors (Lipinski definition) is 5. The monoisotopic (exact) mass is 543 g/mol. The highest BCUT2D eigenvalue weighted by atomic mass is 19.4. The highest BCUT2D eigenvalue weighted by Crippen LogP contribution is 2.39. The minimum Gasteiger partial charge on any atom is -0.467 e. The van der Waals surface area contributed by atoms with Crippen molar-refractivity contribution < 1.29 is 36.3 Å². The standard InChI is InChI=1S/C28H22F5N3O3/c1-14-12-19(28(31,32)33)25(35-15(14)2)18-10-9-16(17-6-5-11-34-24(17)18)13-22(27(38)39-3)36-26(37)23-20(29)7-4-8-21(23)30/h4-12,22H,13H2,1-3H3,(H,36,37)/t22-/m0/s1. The summed E-state index contributed by atoms with van der Waals surface area (Å²) in [6.07, 6.45) is -3.48. The van der Waals surface area contributed by atoms with Crippen molar-refractivity contribution >= 4 is 22.8 Å². The van der Waals surface area contributed by atoms with Crippen LogP contribution in [0, 0.1) is 25.5 Å². The molecule has 1 N–H and O–H groups in total. The van der Waals surface area contributed by atoms with Crippen LogP contribution in [0.25, 0.3) is 22.2 Å². The summed E-state index contributed by atoms with van der Waals surface area (Å²) in [5, 5.41) is 2.68. The molecular weight excluding hydrogens is 521 g/mol. The molecule has 0 saturated heterocycles. The third-order valence-electron chi connectivity index (χ3n) is 6.29. The summed E-state index contributed by atoms with van der Waals surface area (Å²) in [5.74, 6) is -4.29. The number of halogens is 5. The molecule has 11 heteroatoms. The number of aromatic nitrogens is 2. The number of nitrogens with zero attached hydrogens (tertiary/aromatic N) is 2. The Bertz CT molecular complexity index is 1570. The lowest BCUT2D eigenvalue weighted by molar-refractivity contribution is -0.143. The number of hydrogen-bond donors (Lipinski definition) is 1.